The van der Waals surface area contributed by atoms with Crippen molar-refractivity contribution in [2.24, 2.45) is 0 Å². The van der Waals surface area contributed by atoms with Crippen molar-refractivity contribution in [3.05, 3.63) is 32.5 Å². The molecule has 2 heterocycles. The second-order valence-electron chi connectivity index (χ2n) is 4.15. The number of rotatable bonds is 3. The summed E-state index contributed by atoms with van der Waals surface area (Å²) in [5.41, 5.74) is 7.54. The molecule has 4 nitrogen and oxygen atoms in total. The smallest absolute Gasteiger partial charge is 0.265 e. The lowest BCUT2D eigenvalue weighted by Crippen LogP contribution is -2.25. The van der Waals surface area contributed by atoms with Crippen LogP contribution in [0.4, 0.5) is 5.13 Å². The van der Waals surface area contributed by atoms with Crippen LogP contribution in [0.2, 0.25) is 0 Å². The van der Waals surface area contributed by atoms with Crippen molar-refractivity contribution < 1.29 is 4.79 Å². The number of thiophene rings is 1. The fourth-order valence-corrected chi connectivity index (χ4v) is 3.43. The van der Waals surface area contributed by atoms with E-state index in [9.17, 15) is 4.79 Å². The fraction of sp³-hybridized carbons (Fsp3) is 0.333. The SMILES string of the molecule is Cc1ccsc1CN(C)C(=O)c1sc(N)nc1C. The van der Waals surface area contributed by atoms with Crippen molar-refractivity contribution in [3.63, 3.8) is 0 Å². The predicted octanol–water partition coefficient (Wildman–Crippen LogP) is 2.68. The van der Waals surface area contributed by atoms with Gasteiger partial charge in [0.05, 0.1) is 12.2 Å². The highest BCUT2D eigenvalue weighted by molar-refractivity contribution is 7.17. The highest BCUT2D eigenvalue weighted by Gasteiger charge is 2.19. The van der Waals surface area contributed by atoms with Crippen molar-refractivity contribution in [2.45, 2.75) is 20.4 Å². The zero-order valence-corrected chi connectivity index (χ0v) is 12.2. The minimum Gasteiger partial charge on any atom is -0.375 e. The summed E-state index contributed by atoms with van der Waals surface area (Å²) in [6.45, 7) is 4.49. The van der Waals surface area contributed by atoms with Crippen molar-refractivity contribution in [1.82, 2.24) is 9.88 Å². The van der Waals surface area contributed by atoms with Gasteiger partial charge in [0.2, 0.25) is 0 Å². The summed E-state index contributed by atoms with van der Waals surface area (Å²) >= 11 is 2.92. The van der Waals surface area contributed by atoms with Crippen molar-refractivity contribution in [2.75, 3.05) is 12.8 Å². The number of hydrogen-bond donors (Lipinski definition) is 1. The lowest BCUT2D eigenvalue weighted by molar-refractivity contribution is 0.0790. The summed E-state index contributed by atoms with van der Waals surface area (Å²) < 4.78 is 0. The minimum absolute atomic E-state index is 0.0190. The van der Waals surface area contributed by atoms with Crippen LogP contribution < -0.4 is 5.73 Å². The molecule has 0 aliphatic rings. The number of amides is 1. The van der Waals surface area contributed by atoms with Crippen LogP contribution in [0, 0.1) is 13.8 Å². The number of nitrogen functional groups attached to an aromatic ring is 1. The number of aryl methyl sites for hydroxylation is 2. The monoisotopic (exact) mass is 281 g/mol. The van der Waals surface area contributed by atoms with Gasteiger partial charge in [0.25, 0.3) is 5.91 Å². The van der Waals surface area contributed by atoms with Crippen LogP contribution in [-0.2, 0) is 6.54 Å². The average molecular weight is 281 g/mol. The first-order valence-electron chi connectivity index (χ1n) is 5.50. The summed E-state index contributed by atoms with van der Waals surface area (Å²) in [5, 5.41) is 2.48. The molecule has 0 saturated heterocycles. The Kier molecular flexibility index (Phi) is 3.68. The van der Waals surface area contributed by atoms with Gasteiger partial charge < -0.3 is 10.6 Å². The number of anilines is 1. The third-order valence-corrected chi connectivity index (χ3v) is 4.69. The van der Waals surface area contributed by atoms with Crippen LogP contribution in [0.3, 0.4) is 0 Å². The molecule has 2 rings (SSSR count). The maximum atomic E-state index is 12.3. The molecule has 0 aliphatic carbocycles. The number of hydrogen-bond acceptors (Lipinski definition) is 5. The van der Waals surface area contributed by atoms with Crippen LogP contribution >= 0.6 is 22.7 Å². The molecule has 0 saturated carbocycles. The van der Waals surface area contributed by atoms with E-state index in [4.69, 9.17) is 5.73 Å². The first kappa shape index (κ1) is 13.0. The zero-order chi connectivity index (χ0) is 13.3. The maximum Gasteiger partial charge on any atom is 0.265 e. The van der Waals surface area contributed by atoms with Crippen molar-refractivity contribution >= 4 is 33.7 Å². The number of carbonyl (C=O) groups is 1. The number of nitrogens with two attached hydrogens (primary N) is 1. The van der Waals surface area contributed by atoms with Crippen molar-refractivity contribution in [3.8, 4) is 0 Å². The van der Waals surface area contributed by atoms with E-state index in [1.807, 2.05) is 12.3 Å². The lowest BCUT2D eigenvalue weighted by atomic mass is 10.2. The zero-order valence-electron chi connectivity index (χ0n) is 10.6. The molecule has 2 aromatic rings. The summed E-state index contributed by atoms with van der Waals surface area (Å²) in [6.07, 6.45) is 0. The quantitative estimate of drug-likeness (QED) is 0.941. The summed E-state index contributed by atoms with van der Waals surface area (Å²) in [6, 6.07) is 2.06. The predicted molar refractivity (Wildman–Crippen MR) is 76.1 cm³/mol. The Hall–Kier alpha value is -1.40. The van der Waals surface area contributed by atoms with Crippen LogP contribution in [0.15, 0.2) is 11.4 Å². The lowest BCUT2D eigenvalue weighted by Gasteiger charge is -2.16. The third-order valence-electron chi connectivity index (χ3n) is 2.70. The van der Waals surface area contributed by atoms with E-state index in [-0.39, 0.29) is 5.91 Å². The molecule has 0 aliphatic heterocycles. The molecular formula is C12H15N3OS2. The number of carbonyl (C=O) groups excluding carboxylic acids is 1. The second kappa shape index (κ2) is 5.07. The first-order chi connectivity index (χ1) is 8.49. The fourth-order valence-electron chi connectivity index (χ4n) is 1.64. The maximum absolute atomic E-state index is 12.3. The summed E-state index contributed by atoms with van der Waals surface area (Å²) in [7, 11) is 1.80. The Morgan fingerprint density at radius 2 is 2.22 bits per heavy atom. The van der Waals surface area contributed by atoms with E-state index in [1.54, 1.807) is 23.3 Å². The topological polar surface area (TPSA) is 59.2 Å². The largest absolute Gasteiger partial charge is 0.375 e. The van der Waals surface area contributed by atoms with Gasteiger partial charge in [0.15, 0.2) is 5.13 Å². The molecule has 0 atom stereocenters. The standard InChI is InChI=1S/C12H15N3OS2/c1-7-4-5-17-9(7)6-15(3)11(16)10-8(2)14-12(13)18-10/h4-5H,6H2,1-3H3,(H2,13,14). The van der Waals surface area contributed by atoms with Gasteiger partial charge in [0.1, 0.15) is 4.88 Å². The molecule has 96 valence electrons. The molecule has 0 spiro atoms. The van der Waals surface area contributed by atoms with Gasteiger partial charge in [-0.25, -0.2) is 4.98 Å². The molecule has 6 heteroatoms. The minimum atomic E-state index is -0.0190. The van der Waals surface area contributed by atoms with Crippen LogP contribution in [0.5, 0.6) is 0 Å². The Labute approximate surface area is 114 Å². The van der Waals surface area contributed by atoms with Gasteiger partial charge in [-0.1, -0.05) is 11.3 Å². The van der Waals surface area contributed by atoms with Gasteiger partial charge in [-0.3, -0.25) is 4.79 Å². The summed E-state index contributed by atoms with van der Waals surface area (Å²) in [4.78, 5) is 19.9. The van der Waals surface area contributed by atoms with E-state index < -0.39 is 0 Å². The van der Waals surface area contributed by atoms with E-state index in [0.29, 0.717) is 22.2 Å². The molecule has 0 bridgehead atoms. The van der Waals surface area contributed by atoms with Gasteiger partial charge in [-0.2, -0.15) is 0 Å². The van der Waals surface area contributed by atoms with E-state index >= 15 is 0 Å². The number of nitrogens with zero attached hydrogens (tertiary/aromatic N) is 2. The molecule has 2 N–H and O–H groups in total. The Morgan fingerprint density at radius 3 is 2.72 bits per heavy atom. The molecule has 0 radical (unpaired) electrons. The van der Waals surface area contributed by atoms with Crippen LogP contribution in [-0.4, -0.2) is 22.8 Å². The highest BCUT2D eigenvalue weighted by Crippen LogP contribution is 2.23. The molecular weight excluding hydrogens is 266 g/mol. The molecule has 0 aromatic carbocycles. The second-order valence-corrected chi connectivity index (χ2v) is 6.19. The average Bonchev–Trinajstić information content (AvgIpc) is 2.85. The van der Waals surface area contributed by atoms with Crippen LogP contribution in [0.25, 0.3) is 0 Å². The van der Waals surface area contributed by atoms with Gasteiger partial charge >= 0.3 is 0 Å². The Bertz CT molecular complexity index is 574. The normalized spacial score (nSPS) is 10.6. The summed E-state index contributed by atoms with van der Waals surface area (Å²) in [5.74, 6) is -0.0190. The third kappa shape index (κ3) is 2.54. The van der Waals surface area contributed by atoms with Gasteiger partial charge in [-0.05, 0) is 30.9 Å². The number of thiazole rings is 1. The molecule has 18 heavy (non-hydrogen) atoms. The molecule has 1 amide bonds. The Balaban J connectivity index is 2.14. The van der Waals surface area contributed by atoms with Gasteiger partial charge in [0, 0.05) is 11.9 Å². The Morgan fingerprint density at radius 1 is 1.50 bits per heavy atom. The molecule has 2 aromatic heterocycles. The van der Waals surface area contributed by atoms with Gasteiger partial charge in [-0.15, -0.1) is 11.3 Å². The number of aromatic nitrogens is 1. The molecule has 0 fully saturated rings. The van der Waals surface area contributed by atoms with E-state index in [2.05, 4.69) is 18.0 Å². The highest BCUT2D eigenvalue weighted by atomic mass is 32.1. The van der Waals surface area contributed by atoms with E-state index in [1.165, 1.54) is 21.8 Å². The van der Waals surface area contributed by atoms with E-state index in [0.717, 1.165) is 0 Å². The first-order valence-corrected chi connectivity index (χ1v) is 7.20. The molecule has 0 unspecified atom stereocenters. The van der Waals surface area contributed by atoms with Crippen molar-refractivity contribution in [1.29, 1.82) is 0 Å². The van der Waals surface area contributed by atoms with Crippen LogP contribution in [0.1, 0.15) is 25.8 Å².